The van der Waals surface area contributed by atoms with Crippen molar-refractivity contribution in [1.82, 2.24) is 4.90 Å². The van der Waals surface area contributed by atoms with E-state index in [0.29, 0.717) is 31.2 Å². The lowest BCUT2D eigenvalue weighted by Crippen LogP contribution is -2.26. The average Bonchev–Trinajstić information content (AvgIpc) is 2.92. The van der Waals surface area contributed by atoms with Gasteiger partial charge in [-0.25, -0.2) is 0 Å². The summed E-state index contributed by atoms with van der Waals surface area (Å²) >= 11 is 0. The van der Waals surface area contributed by atoms with Gasteiger partial charge in [-0.2, -0.15) is 26.3 Å². The summed E-state index contributed by atoms with van der Waals surface area (Å²) in [5, 5.41) is 8.89. The third-order valence-corrected chi connectivity index (χ3v) is 4.06. The smallest absolute Gasteiger partial charge is 0.416 e. The normalized spacial score (nSPS) is 19.7. The molecule has 24 heavy (non-hydrogen) atoms. The zero-order chi connectivity index (χ0) is 18.1. The summed E-state index contributed by atoms with van der Waals surface area (Å²) in [6.45, 7) is 0.668. The molecule has 1 atom stereocenters. The van der Waals surface area contributed by atoms with Crippen molar-refractivity contribution in [2.75, 3.05) is 19.6 Å². The molecule has 1 aliphatic rings. The van der Waals surface area contributed by atoms with Gasteiger partial charge in [-0.05, 0) is 43.1 Å². The zero-order valence-corrected chi connectivity index (χ0v) is 12.4. The van der Waals surface area contributed by atoms with E-state index in [4.69, 9.17) is 5.11 Å². The van der Waals surface area contributed by atoms with Crippen LogP contribution in [0.1, 0.15) is 23.1 Å². The average molecular weight is 355 g/mol. The Kier molecular flexibility index (Phi) is 5.12. The van der Waals surface area contributed by atoms with E-state index in [0.717, 1.165) is 0 Å². The second-order valence-electron chi connectivity index (χ2n) is 5.74. The molecule has 134 valence electrons. The first-order valence-corrected chi connectivity index (χ1v) is 7.21. The van der Waals surface area contributed by atoms with Gasteiger partial charge in [-0.15, -0.1) is 0 Å². The molecule has 2 rings (SSSR count). The lowest BCUT2D eigenvalue weighted by molar-refractivity contribution is -0.141. The highest BCUT2D eigenvalue weighted by molar-refractivity contribution is 5.70. The van der Waals surface area contributed by atoms with Gasteiger partial charge in [-0.3, -0.25) is 4.79 Å². The number of likely N-dealkylation sites (tertiary alicyclic amines) is 1. The Morgan fingerprint density at radius 2 is 1.83 bits per heavy atom. The first kappa shape index (κ1) is 18.6. The Balaban J connectivity index is 2.16. The number of hydrogen-bond acceptors (Lipinski definition) is 2. The SMILES string of the molecule is O=C(O)C1CCN(CCc2cc(C(F)(F)F)ccc2C(F)(F)F)C1. The summed E-state index contributed by atoms with van der Waals surface area (Å²) in [6.07, 6.45) is -9.32. The summed E-state index contributed by atoms with van der Waals surface area (Å²) in [5.74, 6) is -1.57. The molecule has 0 radical (unpaired) electrons. The summed E-state index contributed by atoms with van der Waals surface area (Å²) in [6, 6.07) is 1.39. The molecule has 0 amide bonds. The summed E-state index contributed by atoms with van der Waals surface area (Å²) < 4.78 is 77.1. The molecular formula is C15H15F6NO2. The predicted molar refractivity (Wildman–Crippen MR) is 72.3 cm³/mol. The van der Waals surface area contributed by atoms with Crippen molar-refractivity contribution in [2.45, 2.75) is 25.2 Å². The van der Waals surface area contributed by atoms with E-state index >= 15 is 0 Å². The molecule has 0 spiro atoms. The van der Waals surface area contributed by atoms with Crippen molar-refractivity contribution in [3.8, 4) is 0 Å². The predicted octanol–water partition coefficient (Wildman–Crippen LogP) is 3.67. The minimum absolute atomic E-state index is 0.0776. The molecule has 1 aromatic rings. The fourth-order valence-corrected chi connectivity index (χ4v) is 2.77. The Morgan fingerprint density at radius 1 is 1.17 bits per heavy atom. The molecule has 1 unspecified atom stereocenters. The van der Waals surface area contributed by atoms with Crippen LogP contribution in [0.3, 0.4) is 0 Å². The van der Waals surface area contributed by atoms with Crippen molar-refractivity contribution in [1.29, 1.82) is 0 Å². The van der Waals surface area contributed by atoms with Gasteiger partial charge >= 0.3 is 18.3 Å². The van der Waals surface area contributed by atoms with Crippen LogP contribution in [0.5, 0.6) is 0 Å². The molecule has 0 aromatic heterocycles. The maximum Gasteiger partial charge on any atom is 0.416 e. The van der Waals surface area contributed by atoms with Crippen LogP contribution in [0, 0.1) is 5.92 Å². The van der Waals surface area contributed by atoms with Crippen molar-refractivity contribution < 1.29 is 36.2 Å². The molecule has 1 aromatic carbocycles. The second-order valence-corrected chi connectivity index (χ2v) is 5.74. The molecule has 1 fully saturated rings. The Labute approximate surface area is 133 Å². The molecule has 0 saturated carbocycles. The lowest BCUT2D eigenvalue weighted by atomic mass is 10.00. The van der Waals surface area contributed by atoms with Gasteiger partial charge in [0.2, 0.25) is 0 Å². The number of benzene rings is 1. The third-order valence-electron chi connectivity index (χ3n) is 4.06. The van der Waals surface area contributed by atoms with Crippen LogP contribution >= 0.6 is 0 Å². The monoisotopic (exact) mass is 355 g/mol. The van der Waals surface area contributed by atoms with Crippen LogP contribution < -0.4 is 0 Å². The number of nitrogens with zero attached hydrogens (tertiary/aromatic N) is 1. The second kappa shape index (κ2) is 6.62. The van der Waals surface area contributed by atoms with Gasteiger partial charge in [0.1, 0.15) is 0 Å². The van der Waals surface area contributed by atoms with Crippen LogP contribution in [-0.4, -0.2) is 35.6 Å². The largest absolute Gasteiger partial charge is 0.481 e. The quantitative estimate of drug-likeness (QED) is 0.838. The first-order chi connectivity index (χ1) is 11.0. The molecule has 3 nitrogen and oxygen atoms in total. The highest BCUT2D eigenvalue weighted by Gasteiger charge is 2.37. The highest BCUT2D eigenvalue weighted by atomic mass is 19.4. The van der Waals surface area contributed by atoms with Gasteiger partial charge in [0.05, 0.1) is 17.0 Å². The number of carboxylic acid groups (broad SMARTS) is 1. The van der Waals surface area contributed by atoms with E-state index in [1.807, 2.05) is 0 Å². The number of aliphatic carboxylic acids is 1. The Hall–Kier alpha value is -1.77. The van der Waals surface area contributed by atoms with Gasteiger partial charge in [0.15, 0.2) is 0 Å². The molecule has 0 aliphatic carbocycles. The molecule has 0 bridgehead atoms. The highest BCUT2D eigenvalue weighted by Crippen LogP contribution is 2.36. The van der Waals surface area contributed by atoms with Crippen molar-refractivity contribution >= 4 is 5.97 Å². The molecule has 1 saturated heterocycles. The Morgan fingerprint density at radius 3 is 2.33 bits per heavy atom. The Bertz CT molecular complexity index is 611. The van der Waals surface area contributed by atoms with E-state index in [2.05, 4.69) is 0 Å². The molecule has 1 heterocycles. The molecular weight excluding hydrogens is 340 g/mol. The minimum Gasteiger partial charge on any atom is -0.481 e. The van der Waals surface area contributed by atoms with Gasteiger partial charge in [0, 0.05) is 13.1 Å². The van der Waals surface area contributed by atoms with Gasteiger partial charge in [-0.1, -0.05) is 0 Å². The van der Waals surface area contributed by atoms with Crippen molar-refractivity contribution in [3.05, 3.63) is 34.9 Å². The maximum atomic E-state index is 13.0. The van der Waals surface area contributed by atoms with Crippen LogP contribution in [0.2, 0.25) is 0 Å². The number of rotatable bonds is 4. The van der Waals surface area contributed by atoms with Crippen LogP contribution in [0.4, 0.5) is 26.3 Å². The van der Waals surface area contributed by atoms with Crippen LogP contribution in [0.15, 0.2) is 18.2 Å². The number of alkyl halides is 6. The molecule has 1 N–H and O–H groups in total. The van der Waals surface area contributed by atoms with Crippen LogP contribution in [0.25, 0.3) is 0 Å². The van der Waals surface area contributed by atoms with E-state index in [1.54, 1.807) is 4.90 Å². The topological polar surface area (TPSA) is 40.5 Å². The number of carbonyl (C=O) groups is 1. The summed E-state index contributed by atoms with van der Waals surface area (Å²) in [7, 11) is 0. The standard InChI is InChI=1S/C15H15F6NO2/c16-14(17,18)11-1-2-12(15(19,20)21)9(7-11)3-5-22-6-4-10(8-22)13(23)24/h1-2,7,10H,3-6,8H2,(H,23,24). The summed E-state index contributed by atoms with van der Waals surface area (Å²) in [5.41, 5.74) is -2.66. The van der Waals surface area contributed by atoms with Crippen molar-refractivity contribution in [2.24, 2.45) is 5.92 Å². The third kappa shape index (κ3) is 4.40. The maximum absolute atomic E-state index is 13.0. The minimum atomic E-state index is -4.74. The van der Waals surface area contributed by atoms with Gasteiger partial charge in [0.25, 0.3) is 0 Å². The fraction of sp³-hybridized carbons (Fsp3) is 0.533. The molecule has 9 heteroatoms. The summed E-state index contributed by atoms with van der Waals surface area (Å²) in [4.78, 5) is 12.5. The zero-order valence-electron chi connectivity index (χ0n) is 12.4. The van der Waals surface area contributed by atoms with E-state index < -0.39 is 40.9 Å². The number of halogens is 6. The molecule has 1 aliphatic heterocycles. The van der Waals surface area contributed by atoms with E-state index in [-0.39, 0.29) is 19.5 Å². The van der Waals surface area contributed by atoms with E-state index in [9.17, 15) is 31.1 Å². The number of hydrogen-bond donors (Lipinski definition) is 1. The van der Waals surface area contributed by atoms with E-state index in [1.165, 1.54) is 0 Å². The first-order valence-electron chi connectivity index (χ1n) is 7.21. The number of carboxylic acids is 1. The van der Waals surface area contributed by atoms with Gasteiger partial charge < -0.3 is 10.0 Å². The van der Waals surface area contributed by atoms with Crippen LogP contribution in [-0.2, 0) is 23.6 Å². The van der Waals surface area contributed by atoms with Crippen molar-refractivity contribution in [3.63, 3.8) is 0 Å². The fourth-order valence-electron chi connectivity index (χ4n) is 2.77. The lowest BCUT2D eigenvalue weighted by Gasteiger charge is -2.19.